The molecule has 0 aliphatic carbocycles. The van der Waals surface area contributed by atoms with E-state index in [2.05, 4.69) is 58.9 Å². The lowest BCUT2D eigenvalue weighted by Gasteiger charge is -2.37. The van der Waals surface area contributed by atoms with Gasteiger partial charge in [-0.2, -0.15) is 0 Å². The van der Waals surface area contributed by atoms with Crippen molar-refractivity contribution in [2.45, 2.75) is 268 Å². The third kappa shape index (κ3) is 36.6. The fourth-order valence-electron chi connectivity index (χ4n) is 13.0. The van der Waals surface area contributed by atoms with Gasteiger partial charge in [0.2, 0.25) is 0 Å². The normalized spacial score (nSPS) is 13.1. The number of rotatable bonds is 41. The van der Waals surface area contributed by atoms with Crippen molar-refractivity contribution in [1.82, 2.24) is 0 Å². The molecule has 0 amide bonds. The van der Waals surface area contributed by atoms with Gasteiger partial charge in [-0.1, -0.05) is 41.5 Å². The Bertz CT molecular complexity index is 4090. The monoisotopic (exact) mass is 1740 g/mol. The summed E-state index contributed by atoms with van der Waals surface area (Å²) in [5, 5.41) is 29.8. The van der Waals surface area contributed by atoms with Crippen LogP contribution >= 0.6 is 0 Å². The second-order valence-electron chi connectivity index (χ2n) is 38.5. The van der Waals surface area contributed by atoms with E-state index in [0.717, 1.165) is 48.9 Å². The summed E-state index contributed by atoms with van der Waals surface area (Å²) in [4.78, 5) is 74.7. The first kappa shape index (κ1) is 102. The molecule has 3 N–H and O–H groups in total. The lowest BCUT2D eigenvalue weighted by molar-refractivity contribution is 0.0475. The lowest BCUT2D eigenvalue weighted by Crippen LogP contribution is -2.52. The first-order chi connectivity index (χ1) is 52.6. The van der Waals surface area contributed by atoms with Crippen LogP contribution in [0, 0.1) is 10.8 Å². The average molecular weight is 1740 g/mol. The molecule has 0 heterocycles. The van der Waals surface area contributed by atoms with Crippen molar-refractivity contribution in [3.63, 3.8) is 0 Å². The van der Waals surface area contributed by atoms with Crippen LogP contribution in [0.15, 0.2) is 146 Å². The highest BCUT2D eigenvalue weighted by molar-refractivity contribution is 6.85. The maximum absolute atomic E-state index is 13.3. The molecular weight excluding hydrogens is 1600 g/mol. The molecule has 6 aromatic rings. The van der Waals surface area contributed by atoms with E-state index in [0.29, 0.717) is 76.2 Å². The van der Waals surface area contributed by atoms with Crippen molar-refractivity contribution in [1.29, 1.82) is 0 Å². The predicted molar refractivity (Wildman–Crippen MR) is 484 cm³/mol. The van der Waals surface area contributed by atoms with Gasteiger partial charge in [-0.05, 0) is 350 Å². The Labute approximate surface area is 702 Å². The van der Waals surface area contributed by atoms with Gasteiger partial charge in [0.25, 0.3) is 0 Å². The van der Waals surface area contributed by atoms with E-state index in [1.807, 2.05) is 156 Å². The molecule has 0 aliphatic rings. The van der Waals surface area contributed by atoms with Crippen LogP contribution in [0.25, 0.3) is 0 Å². The maximum Gasteiger partial charge on any atom is 0.384 e. The first-order valence-corrected chi connectivity index (χ1v) is 64.1. The van der Waals surface area contributed by atoms with E-state index in [4.69, 9.17) is 48.4 Å². The lowest BCUT2D eigenvalue weighted by atomic mass is 9.86. The van der Waals surface area contributed by atoms with E-state index in [9.17, 15) is 44.1 Å². The van der Waals surface area contributed by atoms with Gasteiger partial charge in [0, 0.05) is 44.2 Å². The fourth-order valence-corrected chi connectivity index (χ4v) is 43.2. The van der Waals surface area contributed by atoms with Crippen molar-refractivity contribution in [2.24, 2.45) is 10.8 Å². The van der Waals surface area contributed by atoms with E-state index >= 15 is 0 Å². The molecule has 0 radical (unpaired) electrons. The average Bonchev–Trinajstić information content (AvgIpc) is 0.816. The molecule has 20 nitrogen and oxygen atoms in total. The third-order valence-corrected chi connectivity index (χ3v) is 42.4. The van der Waals surface area contributed by atoms with Crippen LogP contribution in [-0.4, -0.2) is 160 Å². The highest BCUT2D eigenvalue weighted by Gasteiger charge is 2.43. The van der Waals surface area contributed by atoms with Crippen LogP contribution in [0.1, 0.15) is 178 Å². The number of hydrogen-bond acceptors (Lipinski definition) is 20. The fraction of sp³-hybridized carbons (Fsp3) is 0.523. The second-order valence-corrected chi connectivity index (χ2v) is 70.0. The summed E-state index contributed by atoms with van der Waals surface area (Å²) in [5.41, 5.74) is -2.78. The van der Waals surface area contributed by atoms with Crippen LogP contribution in [0.4, 0.5) is 0 Å². The zero-order chi connectivity index (χ0) is 88.5. The molecule has 0 bridgehead atoms. The second kappa shape index (κ2) is 40.7. The molecule has 0 fully saturated rings. The molecule has 0 spiro atoms. The van der Waals surface area contributed by atoms with Crippen molar-refractivity contribution in [3.8, 4) is 34.5 Å². The standard InChI is InChI=1S/C35H60O8Si4.C28H42O6Si2.C25H36O6Si2/c1-34(2,38)32(36)28-16-20-30(21-17-28)39-24-14-26-45(8,9)43-46(10,11)27-15-25-40-31-22-18-29(19-23-31)33(37)35(3,4)41-47(12,13)42-44(5,6)7;1-27(2,3)25(29)21-11-15-23(16-12-21)32-19-10-20-35(6,7)34-36(8,9)33-24-17-13-22(14-18-24)26(30)28(4,5)31;1-24(2,3)22(26)18-10-14-20(15-11-18)29-32(6,7)31-33(8,9)30-21-16-12-19(13-17-21)23(27)25(4,5)28/h16-23,38H,14-15,24-27H2,1-13H3;11-18,31H,10,19-20H2,1-9H3;10-17,28H,1-9H3. The highest BCUT2D eigenvalue weighted by Crippen LogP contribution is 2.33. The molecule has 0 aromatic heterocycles. The number of ketones is 6. The Hall–Kier alpha value is -6.44. The summed E-state index contributed by atoms with van der Waals surface area (Å²) in [6.07, 6.45) is 2.65. The van der Waals surface area contributed by atoms with Crippen LogP contribution in [0.5, 0.6) is 34.5 Å². The smallest absolute Gasteiger partial charge is 0.384 e. The van der Waals surface area contributed by atoms with Crippen molar-refractivity contribution in [2.75, 3.05) is 19.8 Å². The minimum absolute atomic E-state index is 0.0678. The molecular formula is C88H138O20Si8. The van der Waals surface area contributed by atoms with E-state index in [-0.39, 0.29) is 34.7 Å². The van der Waals surface area contributed by atoms with Crippen LogP contribution in [0.3, 0.4) is 0 Å². The zero-order valence-corrected chi connectivity index (χ0v) is 83.5. The number of hydrogen-bond donors (Lipinski definition) is 3. The Morgan fingerprint density at radius 3 is 0.716 bits per heavy atom. The molecule has 0 aliphatic heterocycles. The summed E-state index contributed by atoms with van der Waals surface area (Å²) in [6.45, 7) is 61.4. The van der Waals surface area contributed by atoms with E-state index in [1.165, 1.54) is 41.5 Å². The maximum atomic E-state index is 13.3. The number of ether oxygens (including phenoxy) is 3. The SMILES string of the molecule is CC(C)(C)C(=O)c1ccc(OCCC[Si](C)(C)O[Si](C)(C)Oc2ccc(C(=O)C(C)(C)O)cc2)cc1.CC(C)(C)C(=O)c1ccc(O[Si](C)(C)O[Si](C)(C)Oc2ccc(C(=O)C(C)(C)O)cc2)cc1.CC(C)(O)C(=O)c1ccc(OCCC[Si](C)(C)O[Si](C)(C)CCCOc2ccc(C(=O)C(C)(C)O[Si](C)(C)O[Si](C)(C)C)cc2)cc1. The number of aliphatic hydroxyl groups is 3. The molecule has 0 unspecified atom stereocenters. The van der Waals surface area contributed by atoms with Gasteiger partial charge < -0.3 is 63.7 Å². The Morgan fingerprint density at radius 1 is 0.267 bits per heavy atom. The molecule has 0 atom stereocenters. The molecule has 116 heavy (non-hydrogen) atoms. The van der Waals surface area contributed by atoms with Gasteiger partial charge in [-0.25, -0.2) is 0 Å². The molecule has 642 valence electrons. The van der Waals surface area contributed by atoms with Gasteiger partial charge in [-0.3, -0.25) is 28.8 Å². The molecule has 6 aromatic carbocycles. The molecule has 0 saturated heterocycles. The van der Waals surface area contributed by atoms with Crippen LogP contribution < -0.4 is 27.5 Å². The first-order valence-electron chi connectivity index (χ1n) is 40.1. The molecule has 0 saturated carbocycles. The third-order valence-electron chi connectivity index (χ3n) is 17.6. The summed E-state index contributed by atoms with van der Waals surface area (Å²) in [7, 11) is -17.7. The highest BCUT2D eigenvalue weighted by atomic mass is 28.5. The summed E-state index contributed by atoms with van der Waals surface area (Å²) < 4.78 is 68.6. The molecule has 6 rings (SSSR count). The van der Waals surface area contributed by atoms with Crippen LogP contribution in [-0.2, 0) is 20.9 Å². The van der Waals surface area contributed by atoms with E-state index < -0.39 is 101 Å². The Kier molecular flexibility index (Phi) is 35.8. The van der Waals surface area contributed by atoms with Gasteiger partial charge in [-0.15, -0.1) is 0 Å². The summed E-state index contributed by atoms with van der Waals surface area (Å²) in [5.74, 6) is 3.25. The van der Waals surface area contributed by atoms with Crippen molar-refractivity contribution >= 4 is 102 Å². The minimum atomic E-state index is -2.62. The number of benzene rings is 6. The summed E-state index contributed by atoms with van der Waals surface area (Å²) in [6, 6.07) is 45.2. The minimum Gasteiger partial charge on any atom is -0.521 e. The quantitative estimate of drug-likeness (QED) is 0.0183. The summed E-state index contributed by atoms with van der Waals surface area (Å²) >= 11 is 0. The van der Waals surface area contributed by atoms with Crippen LogP contribution in [0.2, 0.25) is 129 Å². The van der Waals surface area contributed by atoms with Gasteiger partial charge in [0.1, 0.15) is 56.9 Å². The number of Topliss-reactive ketones (excluding diaryl/α,β-unsaturated/α-hetero) is 6. The molecule has 28 heteroatoms. The van der Waals surface area contributed by atoms with Crippen molar-refractivity contribution in [3.05, 3.63) is 179 Å². The van der Waals surface area contributed by atoms with Gasteiger partial charge in [0.05, 0.1) is 19.8 Å². The topological polar surface area (TPSA) is 265 Å². The predicted octanol–water partition coefficient (Wildman–Crippen LogP) is 21.2. The zero-order valence-electron chi connectivity index (χ0n) is 75.5. The Morgan fingerprint density at radius 2 is 0.483 bits per heavy atom. The largest absolute Gasteiger partial charge is 0.521 e. The van der Waals surface area contributed by atoms with E-state index in [1.54, 1.807) is 97.1 Å². The van der Waals surface area contributed by atoms with Crippen molar-refractivity contribution < 1.29 is 92.5 Å². The Balaban J connectivity index is 0.000000373. The van der Waals surface area contributed by atoms with Gasteiger partial charge >= 0.3 is 34.2 Å². The number of carbonyl (C=O) groups is 6. The van der Waals surface area contributed by atoms with Gasteiger partial charge in [0.15, 0.2) is 68.0 Å². The number of carbonyl (C=O) groups excluding carboxylic acids is 6.